The quantitative estimate of drug-likeness (QED) is 0.369. The summed E-state index contributed by atoms with van der Waals surface area (Å²) in [6.45, 7) is -0.511. The highest BCUT2D eigenvalue weighted by Crippen LogP contribution is 2.29. The number of anilines is 1. The zero-order valence-electron chi connectivity index (χ0n) is 21.2. The lowest BCUT2D eigenvalue weighted by Gasteiger charge is -2.33. The topological polar surface area (TPSA) is 96.0 Å². The van der Waals surface area contributed by atoms with Crippen LogP contribution in [0.4, 0.5) is 5.69 Å². The van der Waals surface area contributed by atoms with Gasteiger partial charge in [-0.2, -0.15) is 0 Å². The molecule has 0 spiro atoms. The van der Waals surface area contributed by atoms with Crippen LogP contribution in [0.1, 0.15) is 11.1 Å². The highest BCUT2D eigenvalue weighted by atomic mass is 35.5. The van der Waals surface area contributed by atoms with Crippen molar-refractivity contribution in [1.29, 1.82) is 0 Å². The molecule has 0 saturated heterocycles. The number of likely N-dealkylation sites (N-methyl/N-ethyl adjacent to an activating group) is 1. The fraction of sp³-hybridized carbons (Fsp3) is 0.259. The van der Waals surface area contributed by atoms with Crippen molar-refractivity contribution in [3.05, 3.63) is 94.0 Å². The number of nitrogens with zero attached hydrogens (tertiary/aromatic N) is 2. The Morgan fingerprint density at radius 3 is 2.24 bits per heavy atom. The van der Waals surface area contributed by atoms with Crippen molar-refractivity contribution in [2.24, 2.45) is 0 Å². The number of hydrogen-bond donors (Lipinski definition) is 1. The fourth-order valence-electron chi connectivity index (χ4n) is 3.94. The number of sulfonamides is 1. The van der Waals surface area contributed by atoms with Gasteiger partial charge in [0.15, 0.2) is 0 Å². The smallest absolute Gasteiger partial charge is 0.244 e. The third-order valence-corrected chi connectivity index (χ3v) is 7.75. The molecule has 11 heteroatoms. The maximum absolute atomic E-state index is 13.9. The molecule has 3 rings (SSSR count). The highest BCUT2D eigenvalue weighted by molar-refractivity contribution is 7.92. The molecule has 3 aromatic rings. The van der Waals surface area contributed by atoms with Gasteiger partial charge >= 0.3 is 0 Å². The number of methoxy groups -OCH3 is 1. The van der Waals surface area contributed by atoms with Crippen molar-refractivity contribution in [2.45, 2.75) is 19.0 Å². The van der Waals surface area contributed by atoms with Gasteiger partial charge in [0.1, 0.15) is 18.3 Å². The van der Waals surface area contributed by atoms with Crippen LogP contribution in [-0.4, -0.2) is 58.1 Å². The van der Waals surface area contributed by atoms with Gasteiger partial charge in [-0.3, -0.25) is 13.9 Å². The number of hydrogen-bond acceptors (Lipinski definition) is 5. The van der Waals surface area contributed by atoms with E-state index >= 15 is 0 Å². The lowest BCUT2D eigenvalue weighted by Crippen LogP contribution is -2.52. The second-order valence-corrected chi connectivity index (χ2v) is 11.3. The maximum Gasteiger partial charge on any atom is 0.244 e. The van der Waals surface area contributed by atoms with Crippen molar-refractivity contribution in [2.75, 3.05) is 31.3 Å². The predicted molar refractivity (Wildman–Crippen MR) is 150 cm³/mol. The van der Waals surface area contributed by atoms with E-state index in [9.17, 15) is 18.0 Å². The zero-order chi connectivity index (χ0) is 27.9. The third-order valence-electron chi connectivity index (χ3n) is 5.87. The van der Waals surface area contributed by atoms with E-state index in [1.165, 1.54) is 37.3 Å². The minimum atomic E-state index is -3.91. The summed E-state index contributed by atoms with van der Waals surface area (Å²) in [5.74, 6) is -0.373. The average molecular weight is 579 g/mol. The number of ether oxygens (including phenoxy) is 1. The Hall–Kier alpha value is -3.27. The Bertz CT molecular complexity index is 1390. The number of rotatable bonds is 11. The molecule has 0 heterocycles. The molecule has 8 nitrogen and oxygen atoms in total. The summed E-state index contributed by atoms with van der Waals surface area (Å²) in [5, 5.41) is 3.03. The Labute approximate surface area is 233 Å². The van der Waals surface area contributed by atoms with Crippen LogP contribution in [0.15, 0.2) is 72.8 Å². The average Bonchev–Trinajstić information content (AvgIpc) is 2.90. The number of nitrogens with one attached hydrogen (secondary N) is 1. The third kappa shape index (κ3) is 7.63. The summed E-state index contributed by atoms with van der Waals surface area (Å²) in [6, 6.07) is 19.8. The molecular weight excluding hydrogens is 549 g/mol. The van der Waals surface area contributed by atoms with Crippen LogP contribution >= 0.6 is 23.2 Å². The normalized spacial score (nSPS) is 11.9. The molecule has 0 aromatic heterocycles. The summed E-state index contributed by atoms with van der Waals surface area (Å²) < 4.78 is 31.8. The van der Waals surface area contributed by atoms with E-state index in [4.69, 9.17) is 27.9 Å². The molecule has 1 unspecified atom stereocenters. The van der Waals surface area contributed by atoms with Gasteiger partial charge in [0.05, 0.1) is 29.1 Å². The first-order chi connectivity index (χ1) is 18.0. The largest absolute Gasteiger partial charge is 0.497 e. The first-order valence-corrected chi connectivity index (χ1v) is 14.2. The Balaban J connectivity index is 2.04. The second kappa shape index (κ2) is 13.0. The zero-order valence-corrected chi connectivity index (χ0v) is 23.6. The molecule has 0 radical (unpaired) electrons. The minimum absolute atomic E-state index is 0.0416. The van der Waals surface area contributed by atoms with Gasteiger partial charge in [-0.05, 0) is 41.5 Å². The molecule has 3 aromatic carbocycles. The summed E-state index contributed by atoms with van der Waals surface area (Å²) in [5.41, 5.74) is 1.73. The monoisotopic (exact) mass is 577 g/mol. The van der Waals surface area contributed by atoms with Crippen molar-refractivity contribution in [1.82, 2.24) is 10.2 Å². The number of halogens is 2. The van der Waals surface area contributed by atoms with Crippen molar-refractivity contribution >= 4 is 50.7 Å². The van der Waals surface area contributed by atoms with E-state index in [2.05, 4.69) is 5.32 Å². The van der Waals surface area contributed by atoms with E-state index < -0.39 is 28.5 Å². The van der Waals surface area contributed by atoms with Crippen LogP contribution in [-0.2, 0) is 32.6 Å². The summed E-state index contributed by atoms with van der Waals surface area (Å²) in [6.07, 6.45) is 1.22. The first-order valence-electron chi connectivity index (χ1n) is 11.6. The van der Waals surface area contributed by atoms with Crippen LogP contribution in [0.5, 0.6) is 5.75 Å². The van der Waals surface area contributed by atoms with Gasteiger partial charge in [0.25, 0.3) is 0 Å². The number of carbonyl (C=O) groups excluding carboxylic acids is 2. The molecule has 38 heavy (non-hydrogen) atoms. The predicted octanol–water partition coefficient (Wildman–Crippen LogP) is 4.15. The molecule has 0 bridgehead atoms. The second-order valence-electron chi connectivity index (χ2n) is 8.56. The molecule has 0 aliphatic carbocycles. The van der Waals surface area contributed by atoms with Gasteiger partial charge in [0.2, 0.25) is 21.8 Å². The van der Waals surface area contributed by atoms with Crippen LogP contribution in [0.25, 0.3) is 0 Å². The molecule has 0 aliphatic rings. The molecule has 1 N–H and O–H groups in total. The first kappa shape index (κ1) is 29.3. The lowest BCUT2D eigenvalue weighted by molar-refractivity contribution is -0.139. The molecule has 2 amide bonds. The number of benzene rings is 3. The Kier molecular flexibility index (Phi) is 10.0. The molecule has 202 valence electrons. The van der Waals surface area contributed by atoms with Gasteiger partial charge in [-0.15, -0.1) is 0 Å². The van der Waals surface area contributed by atoms with Crippen molar-refractivity contribution in [3.63, 3.8) is 0 Å². The minimum Gasteiger partial charge on any atom is -0.497 e. The summed E-state index contributed by atoms with van der Waals surface area (Å²) in [7, 11) is -0.880. The highest BCUT2D eigenvalue weighted by Gasteiger charge is 2.32. The van der Waals surface area contributed by atoms with Gasteiger partial charge < -0.3 is 15.0 Å². The van der Waals surface area contributed by atoms with Crippen LogP contribution in [0.3, 0.4) is 0 Å². The number of amides is 2. The van der Waals surface area contributed by atoms with E-state index in [0.29, 0.717) is 11.3 Å². The Morgan fingerprint density at radius 1 is 0.947 bits per heavy atom. The van der Waals surface area contributed by atoms with Gasteiger partial charge in [0, 0.05) is 20.0 Å². The summed E-state index contributed by atoms with van der Waals surface area (Å²) in [4.78, 5) is 28.4. The molecular formula is C27H29Cl2N3O5S. The van der Waals surface area contributed by atoms with Crippen molar-refractivity contribution in [3.8, 4) is 5.75 Å². The van der Waals surface area contributed by atoms with E-state index in [1.807, 2.05) is 30.3 Å². The summed E-state index contributed by atoms with van der Waals surface area (Å²) >= 11 is 12.1. The standard InChI is InChI=1S/C27H29Cl2N3O5S/c1-30-27(34)25(15-19-8-5-4-6-9-19)31(17-20-10-7-11-22(14-20)37-2)26(33)18-32(38(3,35)36)21-12-13-23(28)24(29)16-21/h4-14,16,25H,15,17-18H2,1-3H3,(H,30,34). The Morgan fingerprint density at radius 2 is 1.63 bits per heavy atom. The molecule has 0 fully saturated rings. The maximum atomic E-state index is 13.9. The van der Waals surface area contributed by atoms with E-state index in [1.54, 1.807) is 24.3 Å². The SMILES string of the molecule is CNC(=O)C(Cc1ccccc1)N(Cc1cccc(OC)c1)C(=O)CN(c1ccc(Cl)c(Cl)c1)S(C)(=O)=O. The van der Waals surface area contributed by atoms with Crippen molar-refractivity contribution < 1.29 is 22.7 Å². The lowest BCUT2D eigenvalue weighted by atomic mass is 10.0. The molecule has 1 atom stereocenters. The number of carbonyl (C=O) groups is 2. The van der Waals surface area contributed by atoms with E-state index in [0.717, 1.165) is 16.1 Å². The van der Waals surface area contributed by atoms with Crippen LogP contribution < -0.4 is 14.4 Å². The fourth-order valence-corrected chi connectivity index (χ4v) is 5.08. The van der Waals surface area contributed by atoms with Gasteiger partial charge in [-0.1, -0.05) is 65.7 Å². The van der Waals surface area contributed by atoms with Crippen LogP contribution in [0.2, 0.25) is 10.0 Å². The van der Waals surface area contributed by atoms with E-state index in [-0.39, 0.29) is 34.6 Å². The molecule has 0 saturated carbocycles. The van der Waals surface area contributed by atoms with Crippen LogP contribution in [0, 0.1) is 0 Å². The molecule has 0 aliphatic heterocycles. The van der Waals surface area contributed by atoms with Gasteiger partial charge in [-0.25, -0.2) is 8.42 Å².